The number of hydrogen-bond donors (Lipinski definition) is 2. The van der Waals surface area contributed by atoms with Gasteiger partial charge in [-0.05, 0) is 30.5 Å². The summed E-state index contributed by atoms with van der Waals surface area (Å²) in [5, 5.41) is 15.0. The van der Waals surface area contributed by atoms with Gasteiger partial charge in [-0.1, -0.05) is 25.1 Å². The predicted molar refractivity (Wildman–Crippen MR) is 111 cm³/mol. The van der Waals surface area contributed by atoms with Crippen molar-refractivity contribution in [1.29, 1.82) is 0 Å². The molecule has 1 aliphatic heterocycles. The van der Waals surface area contributed by atoms with Crippen LogP contribution in [0.25, 0.3) is 10.9 Å². The number of rotatable bonds is 7. The fourth-order valence-electron chi connectivity index (χ4n) is 3.91. The van der Waals surface area contributed by atoms with Gasteiger partial charge in [0.25, 0.3) is 0 Å². The largest absolute Gasteiger partial charge is 0.391 e. The van der Waals surface area contributed by atoms with Crippen molar-refractivity contribution < 1.29 is 5.11 Å². The van der Waals surface area contributed by atoms with Crippen molar-refractivity contribution in [3.8, 4) is 0 Å². The highest BCUT2D eigenvalue weighted by molar-refractivity contribution is 5.81. The van der Waals surface area contributed by atoms with Crippen LogP contribution < -0.4 is 5.32 Å². The molecule has 2 atom stereocenters. The SMILES string of the molecule is CCCNc1ncc(CN2C[C@@H](Cc3ccnc4ccccc34)[C@H](O)C2)cn1. The molecule has 0 unspecified atom stereocenters. The number of nitrogens with one attached hydrogen (secondary N) is 1. The number of aromatic nitrogens is 3. The summed E-state index contributed by atoms with van der Waals surface area (Å²) in [6.07, 6.45) is 7.20. The Balaban J connectivity index is 1.39. The molecule has 146 valence electrons. The number of anilines is 1. The molecule has 2 N–H and O–H groups in total. The van der Waals surface area contributed by atoms with Crippen molar-refractivity contribution in [3.05, 3.63) is 60.0 Å². The average molecular weight is 377 g/mol. The van der Waals surface area contributed by atoms with Crippen molar-refractivity contribution in [1.82, 2.24) is 19.9 Å². The van der Waals surface area contributed by atoms with Gasteiger partial charge in [0.05, 0.1) is 11.6 Å². The number of nitrogens with zero attached hydrogens (tertiary/aromatic N) is 4. The molecule has 3 heterocycles. The number of pyridine rings is 1. The minimum atomic E-state index is -0.321. The quantitative estimate of drug-likeness (QED) is 0.660. The molecule has 0 radical (unpaired) electrons. The van der Waals surface area contributed by atoms with Gasteiger partial charge < -0.3 is 10.4 Å². The van der Waals surface area contributed by atoms with E-state index in [1.54, 1.807) is 0 Å². The number of para-hydroxylation sites is 1. The second kappa shape index (κ2) is 8.63. The van der Waals surface area contributed by atoms with E-state index in [-0.39, 0.29) is 12.0 Å². The Bertz CT molecular complexity index is 909. The molecule has 6 nitrogen and oxygen atoms in total. The van der Waals surface area contributed by atoms with E-state index >= 15 is 0 Å². The summed E-state index contributed by atoms with van der Waals surface area (Å²) < 4.78 is 0. The first-order valence-electron chi connectivity index (χ1n) is 10.0. The van der Waals surface area contributed by atoms with E-state index in [9.17, 15) is 5.11 Å². The lowest BCUT2D eigenvalue weighted by molar-refractivity contribution is 0.141. The van der Waals surface area contributed by atoms with Gasteiger partial charge in [-0.3, -0.25) is 9.88 Å². The molecule has 0 bridgehead atoms. The maximum atomic E-state index is 10.6. The summed E-state index contributed by atoms with van der Waals surface area (Å²) in [4.78, 5) is 15.5. The lowest BCUT2D eigenvalue weighted by Gasteiger charge is -2.16. The zero-order valence-electron chi connectivity index (χ0n) is 16.3. The number of likely N-dealkylation sites (tertiary alicyclic amines) is 1. The normalized spacial score (nSPS) is 19.9. The van der Waals surface area contributed by atoms with Gasteiger partial charge in [0.1, 0.15) is 0 Å². The zero-order chi connectivity index (χ0) is 19.3. The monoisotopic (exact) mass is 377 g/mol. The van der Waals surface area contributed by atoms with Gasteiger partial charge in [-0.2, -0.15) is 0 Å². The maximum Gasteiger partial charge on any atom is 0.222 e. The van der Waals surface area contributed by atoms with Gasteiger partial charge in [0.15, 0.2) is 0 Å². The van der Waals surface area contributed by atoms with Crippen LogP contribution in [0, 0.1) is 5.92 Å². The minimum Gasteiger partial charge on any atom is -0.391 e. The molecule has 3 aromatic rings. The molecule has 0 saturated carbocycles. The predicted octanol–water partition coefficient (Wildman–Crippen LogP) is 2.88. The Morgan fingerprint density at radius 2 is 1.93 bits per heavy atom. The number of aliphatic hydroxyl groups excluding tert-OH is 1. The van der Waals surface area contributed by atoms with Crippen molar-refractivity contribution in [2.45, 2.75) is 32.4 Å². The van der Waals surface area contributed by atoms with E-state index < -0.39 is 0 Å². The molecule has 1 aliphatic rings. The molecule has 0 amide bonds. The van der Waals surface area contributed by atoms with E-state index in [2.05, 4.69) is 44.2 Å². The van der Waals surface area contributed by atoms with E-state index in [0.29, 0.717) is 12.5 Å². The molecule has 0 spiro atoms. The summed E-state index contributed by atoms with van der Waals surface area (Å²) in [6, 6.07) is 10.3. The Labute approximate surface area is 165 Å². The fraction of sp³-hybridized carbons (Fsp3) is 0.409. The van der Waals surface area contributed by atoms with Crippen LogP contribution in [0.4, 0.5) is 5.95 Å². The van der Waals surface area contributed by atoms with Crippen molar-refractivity contribution in [2.24, 2.45) is 5.92 Å². The summed E-state index contributed by atoms with van der Waals surface area (Å²) >= 11 is 0. The van der Waals surface area contributed by atoms with E-state index in [4.69, 9.17) is 0 Å². The van der Waals surface area contributed by atoms with E-state index in [1.807, 2.05) is 36.8 Å². The van der Waals surface area contributed by atoms with Crippen molar-refractivity contribution >= 4 is 16.9 Å². The Morgan fingerprint density at radius 1 is 1.11 bits per heavy atom. The van der Waals surface area contributed by atoms with Gasteiger partial charge in [0, 0.05) is 61.6 Å². The van der Waals surface area contributed by atoms with Crippen molar-refractivity contribution in [3.63, 3.8) is 0 Å². The molecule has 2 aromatic heterocycles. The molecule has 1 saturated heterocycles. The summed E-state index contributed by atoms with van der Waals surface area (Å²) in [6.45, 7) is 5.31. The van der Waals surface area contributed by atoms with Crippen LogP contribution in [0.5, 0.6) is 0 Å². The van der Waals surface area contributed by atoms with Crippen LogP contribution in [0.1, 0.15) is 24.5 Å². The molecule has 0 aliphatic carbocycles. The van der Waals surface area contributed by atoms with E-state index in [1.165, 1.54) is 10.9 Å². The number of aliphatic hydroxyl groups is 1. The summed E-state index contributed by atoms with van der Waals surface area (Å²) in [5.41, 5.74) is 3.34. The topological polar surface area (TPSA) is 74.2 Å². The third kappa shape index (κ3) is 4.29. The second-order valence-corrected chi connectivity index (χ2v) is 7.55. The molecule has 1 fully saturated rings. The third-order valence-corrected chi connectivity index (χ3v) is 5.35. The van der Waals surface area contributed by atoms with Crippen LogP contribution in [-0.4, -0.2) is 50.7 Å². The van der Waals surface area contributed by atoms with Crippen LogP contribution in [0.15, 0.2) is 48.9 Å². The third-order valence-electron chi connectivity index (χ3n) is 5.35. The summed E-state index contributed by atoms with van der Waals surface area (Å²) in [5.74, 6) is 0.895. The van der Waals surface area contributed by atoms with Crippen LogP contribution in [0.2, 0.25) is 0 Å². The number of benzene rings is 1. The number of fused-ring (bicyclic) bond motifs is 1. The van der Waals surface area contributed by atoms with Crippen LogP contribution in [0.3, 0.4) is 0 Å². The van der Waals surface area contributed by atoms with Gasteiger partial charge in [-0.25, -0.2) is 9.97 Å². The van der Waals surface area contributed by atoms with Crippen molar-refractivity contribution in [2.75, 3.05) is 25.0 Å². The minimum absolute atomic E-state index is 0.220. The number of β-amino-alcohol motifs (C(OH)–C–C–N with tert-alkyl or cyclic N) is 1. The first-order chi connectivity index (χ1) is 13.7. The average Bonchev–Trinajstić information content (AvgIpc) is 3.06. The Morgan fingerprint density at radius 3 is 2.75 bits per heavy atom. The Hall–Kier alpha value is -2.57. The van der Waals surface area contributed by atoms with Crippen LogP contribution >= 0.6 is 0 Å². The van der Waals surface area contributed by atoms with Gasteiger partial charge in [0.2, 0.25) is 5.95 Å². The zero-order valence-corrected chi connectivity index (χ0v) is 16.3. The molecule has 6 heteroatoms. The van der Waals surface area contributed by atoms with Gasteiger partial charge in [-0.15, -0.1) is 0 Å². The van der Waals surface area contributed by atoms with Crippen LogP contribution in [-0.2, 0) is 13.0 Å². The van der Waals surface area contributed by atoms with E-state index in [0.717, 1.165) is 43.6 Å². The first kappa shape index (κ1) is 18.8. The first-order valence-corrected chi connectivity index (χ1v) is 10.0. The Kier molecular flexibility index (Phi) is 5.78. The molecule has 4 rings (SSSR count). The summed E-state index contributed by atoms with van der Waals surface area (Å²) in [7, 11) is 0. The molecule has 1 aromatic carbocycles. The smallest absolute Gasteiger partial charge is 0.222 e. The molecular formula is C22H27N5O. The van der Waals surface area contributed by atoms with Gasteiger partial charge >= 0.3 is 0 Å². The highest BCUT2D eigenvalue weighted by atomic mass is 16.3. The lowest BCUT2D eigenvalue weighted by Crippen LogP contribution is -2.21. The standard InChI is InChI=1S/C22H27N5O/c1-2-8-24-22-25-11-16(12-26-22)13-27-14-18(21(28)15-27)10-17-7-9-23-20-6-4-3-5-19(17)20/h3-7,9,11-12,18,21,28H,2,8,10,13-15H2,1H3,(H,24,25,26)/t18-,21-/m1/s1. The second-order valence-electron chi connectivity index (χ2n) is 7.55. The molecular weight excluding hydrogens is 350 g/mol. The fourth-order valence-corrected chi connectivity index (χ4v) is 3.91. The lowest BCUT2D eigenvalue weighted by atomic mass is 9.94. The molecule has 28 heavy (non-hydrogen) atoms. The highest BCUT2D eigenvalue weighted by Gasteiger charge is 2.31. The highest BCUT2D eigenvalue weighted by Crippen LogP contribution is 2.26. The maximum absolute atomic E-state index is 10.6. The number of hydrogen-bond acceptors (Lipinski definition) is 6.